The average Bonchev–Trinajstić information content (AvgIpc) is 2.67. The van der Waals surface area contributed by atoms with Crippen molar-refractivity contribution in [3.63, 3.8) is 0 Å². The fourth-order valence-electron chi connectivity index (χ4n) is 2.64. The first-order valence-corrected chi connectivity index (χ1v) is 8.53. The number of benzene rings is 2. The SMILES string of the molecule is CN(CCCN(C)C(=O)c1cc(O)c(O)c(O)c1)C(=O)c1cc(O)c(O)c(O)c1. The molecule has 2 amide bonds. The summed E-state index contributed by atoms with van der Waals surface area (Å²) in [6.45, 7) is 0.482. The maximum Gasteiger partial charge on any atom is 0.253 e. The first kappa shape index (κ1) is 21.5. The van der Waals surface area contributed by atoms with Crippen molar-refractivity contribution in [1.29, 1.82) is 0 Å². The predicted octanol–water partition coefficient (Wildman–Crippen LogP) is 1.15. The molecule has 2 aromatic rings. The number of amides is 2. The number of phenols is 6. The number of nitrogens with zero attached hydrogens (tertiary/aromatic N) is 2. The molecule has 6 N–H and O–H groups in total. The Morgan fingerprint density at radius 1 is 0.655 bits per heavy atom. The number of carbonyl (C=O) groups excluding carboxylic acids is 2. The first-order chi connectivity index (χ1) is 13.5. The van der Waals surface area contributed by atoms with Crippen LogP contribution >= 0.6 is 0 Å². The minimum absolute atomic E-state index is 0.0141. The first-order valence-electron chi connectivity index (χ1n) is 8.53. The minimum atomic E-state index is -0.712. The molecule has 0 saturated heterocycles. The zero-order valence-corrected chi connectivity index (χ0v) is 15.8. The molecular weight excluding hydrogens is 384 g/mol. The highest BCUT2D eigenvalue weighted by Gasteiger charge is 2.19. The van der Waals surface area contributed by atoms with Crippen molar-refractivity contribution in [2.24, 2.45) is 0 Å². The second-order valence-electron chi connectivity index (χ2n) is 6.53. The van der Waals surface area contributed by atoms with E-state index in [1.165, 1.54) is 23.9 Å². The quantitative estimate of drug-likeness (QED) is 0.389. The van der Waals surface area contributed by atoms with Crippen LogP contribution in [0.3, 0.4) is 0 Å². The van der Waals surface area contributed by atoms with E-state index >= 15 is 0 Å². The van der Waals surface area contributed by atoms with Crippen molar-refractivity contribution in [2.75, 3.05) is 27.2 Å². The zero-order chi connectivity index (χ0) is 21.9. The molecule has 29 heavy (non-hydrogen) atoms. The third kappa shape index (κ3) is 4.72. The Morgan fingerprint density at radius 3 is 1.21 bits per heavy atom. The second kappa shape index (κ2) is 8.46. The number of carbonyl (C=O) groups is 2. The minimum Gasteiger partial charge on any atom is -0.504 e. The fourth-order valence-corrected chi connectivity index (χ4v) is 2.64. The van der Waals surface area contributed by atoms with Gasteiger partial charge in [-0.15, -0.1) is 0 Å². The van der Waals surface area contributed by atoms with Crippen LogP contribution in [0.4, 0.5) is 0 Å². The standard InChI is InChI=1S/C19H22N2O8/c1-20(18(28)10-6-12(22)16(26)13(23)7-10)4-3-5-21(2)19(29)11-8-14(24)17(27)15(25)9-11/h6-9,22-27H,3-5H2,1-2H3. The van der Waals surface area contributed by atoms with Gasteiger partial charge >= 0.3 is 0 Å². The van der Waals surface area contributed by atoms with Gasteiger partial charge in [-0.25, -0.2) is 0 Å². The van der Waals surface area contributed by atoms with Crippen LogP contribution in [0.15, 0.2) is 24.3 Å². The van der Waals surface area contributed by atoms with Gasteiger partial charge < -0.3 is 40.4 Å². The summed E-state index contributed by atoms with van der Waals surface area (Å²) < 4.78 is 0. The van der Waals surface area contributed by atoms with E-state index in [0.717, 1.165) is 24.3 Å². The van der Waals surface area contributed by atoms with Gasteiger partial charge in [0, 0.05) is 38.3 Å². The van der Waals surface area contributed by atoms with Crippen LogP contribution in [-0.4, -0.2) is 79.4 Å². The molecule has 0 fully saturated rings. The number of hydrogen-bond acceptors (Lipinski definition) is 8. The second-order valence-corrected chi connectivity index (χ2v) is 6.53. The van der Waals surface area contributed by atoms with Crippen LogP contribution in [0.2, 0.25) is 0 Å². The maximum atomic E-state index is 12.4. The molecule has 0 aliphatic heterocycles. The van der Waals surface area contributed by atoms with E-state index in [-0.39, 0.29) is 24.2 Å². The van der Waals surface area contributed by atoms with E-state index in [4.69, 9.17) is 0 Å². The van der Waals surface area contributed by atoms with Gasteiger partial charge in [-0.05, 0) is 30.7 Å². The Hall–Kier alpha value is -3.82. The number of phenolic OH excluding ortho intramolecular Hbond substituents is 6. The summed E-state index contributed by atoms with van der Waals surface area (Å²) in [6, 6.07) is 4.14. The predicted molar refractivity (Wildman–Crippen MR) is 101 cm³/mol. The Bertz CT molecular complexity index is 822. The highest BCUT2D eigenvalue weighted by Crippen LogP contribution is 2.36. The van der Waals surface area contributed by atoms with Gasteiger partial charge in [0.15, 0.2) is 34.5 Å². The van der Waals surface area contributed by atoms with Crippen molar-refractivity contribution in [3.8, 4) is 34.5 Å². The van der Waals surface area contributed by atoms with E-state index in [2.05, 4.69) is 0 Å². The fraction of sp³-hybridized carbons (Fsp3) is 0.263. The summed E-state index contributed by atoms with van der Waals surface area (Å²) >= 11 is 0. The molecule has 0 unspecified atom stereocenters. The lowest BCUT2D eigenvalue weighted by Gasteiger charge is -2.21. The molecule has 0 atom stereocenters. The molecule has 156 valence electrons. The van der Waals surface area contributed by atoms with Crippen LogP contribution in [0.1, 0.15) is 27.1 Å². The number of aromatic hydroxyl groups is 6. The zero-order valence-electron chi connectivity index (χ0n) is 15.8. The van der Waals surface area contributed by atoms with Gasteiger partial charge in [-0.2, -0.15) is 0 Å². The summed E-state index contributed by atoms with van der Waals surface area (Å²) in [5, 5.41) is 56.7. The van der Waals surface area contributed by atoms with Gasteiger partial charge in [0.25, 0.3) is 11.8 Å². The molecule has 10 nitrogen and oxygen atoms in total. The molecule has 0 bridgehead atoms. The van der Waals surface area contributed by atoms with Crippen molar-refractivity contribution in [1.82, 2.24) is 9.80 Å². The van der Waals surface area contributed by atoms with Crippen LogP contribution in [0.25, 0.3) is 0 Å². The van der Waals surface area contributed by atoms with Crippen molar-refractivity contribution in [2.45, 2.75) is 6.42 Å². The molecule has 0 aromatic heterocycles. The molecule has 10 heteroatoms. The maximum absolute atomic E-state index is 12.4. The monoisotopic (exact) mass is 406 g/mol. The topological polar surface area (TPSA) is 162 Å². The summed E-state index contributed by atoms with van der Waals surface area (Å²) in [4.78, 5) is 27.4. The van der Waals surface area contributed by atoms with Crippen molar-refractivity contribution >= 4 is 11.8 Å². The van der Waals surface area contributed by atoms with Crippen LogP contribution in [0, 0.1) is 0 Å². The van der Waals surface area contributed by atoms with Gasteiger partial charge in [-0.1, -0.05) is 0 Å². The molecule has 0 aliphatic carbocycles. The molecular formula is C19H22N2O8. The lowest BCUT2D eigenvalue weighted by molar-refractivity contribution is 0.0763. The summed E-state index contributed by atoms with van der Waals surface area (Å²) in [7, 11) is 3.00. The number of hydrogen-bond donors (Lipinski definition) is 6. The van der Waals surface area contributed by atoms with Gasteiger partial charge in [0.05, 0.1) is 0 Å². The Balaban J connectivity index is 1.95. The summed E-state index contributed by atoms with van der Waals surface area (Å²) in [5.74, 6) is -4.90. The molecule has 2 aromatic carbocycles. The third-order valence-corrected chi connectivity index (χ3v) is 4.31. The molecule has 0 spiro atoms. The molecule has 0 radical (unpaired) electrons. The lowest BCUT2D eigenvalue weighted by Crippen LogP contribution is -2.32. The molecule has 0 saturated carbocycles. The molecule has 0 heterocycles. The van der Waals surface area contributed by atoms with Gasteiger partial charge in [0.2, 0.25) is 0 Å². The van der Waals surface area contributed by atoms with Crippen LogP contribution in [-0.2, 0) is 0 Å². The Labute approximate surface area is 166 Å². The van der Waals surface area contributed by atoms with E-state index in [0.29, 0.717) is 6.42 Å². The largest absolute Gasteiger partial charge is 0.504 e. The highest BCUT2D eigenvalue weighted by atomic mass is 16.3. The van der Waals surface area contributed by atoms with Crippen LogP contribution < -0.4 is 0 Å². The lowest BCUT2D eigenvalue weighted by atomic mass is 10.1. The van der Waals surface area contributed by atoms with Gasteiger partial charge in [-0.3, -0.25) is 9.59 Å². The number of rotatable bonds is 6. The summed E-state index contributed by atoms with van der Waals surface area (Å²) in [6.07, 6.45) is 0.385. The van der Waals surface area contributed by atoms with Crippen molar-refractivity contribution < 1.29 is 40.2 Å². The summed E-state index contributed by atoms with van der Waals surface area (Å²) in [5.41, 5.74) is -0.0282. The Kier molecular flexibility index (Phi) is 6.27. The molecule has 0 aliphatic rings. The smallest absolute Gasteiger partial charge is 0.253 e. The third-order valence-electron chi connectivity index (χ3n) is 4.31. The van der Waals surface area contributed by atoms with Crippen LogP contribution in [0.5, 0.6) is 34.5 Å². The highest BCUT2D eigenvalue weighted by molar-refractivity contribution is 5.96. The van der Waals surface area contributed by atoms with E-state index in [9.17, 15) is 40.2 Å². The van der Waals surface area contributed by atoms with E-state index < -0.39 is 46.3 Å². The van der Waals surface area contributed by atoms with E-state index in [1.54, 1.807) is 0 Å². The Morgan fingerprint density at radius 2 is 0.931 bits per heavy atom. The molecule has 2 rings (SSSR count). The van der Waals surface area contributed by atoms with Gasteiger partial charge in [0.1, 0.15) is 0 Å². The van der Waals surface area contributed by atoms with E-state index in [1.807, 2.05) is 0 Å². The average molecular weight is 406 g/mol. The normalized spacial score (nSPS) is 10.6. The van der Waals surface area contributed by atoms with Crippen molar-refractivity contribution in [3.05, 3.63) is 35.4 Å².